The van der Waals surface area contributed by atoms with Crippen molar-refractivity contribution in [2.75, 3.05) is 11.9 Å². The van der Waals surface area contributed by atoms with E-state index in [-0.39, 0.29) is 23.9 Å². The van der Waals surface area contributed by atoms with Crippen LogP contribution in [0.2, 0.25) is 0 Å². The van der Waals surface area contributed by atoms with Gasteiger partial charge in [-0.25, -0.2) is 23.7 Å². The van der Waals surface area contributed by atoms with E-state index >= 15 is 4.39 Å². The number of anilines is 2. The van der Waals surface area contributed by atoms with Crippen molar-refractivity contribution in [3.05, 3.63) is 58.9 Å². The zero-order valence-electron chi connectivity index (χ0n) is 20.7. The molecule has 4 heterocycles. The van der Waals surface area contributed by atoms with Crippen LogP contribution in [0.3, 0.4) is 0 Å². The van der Waals surface area contributed by atoms with Crippen molar-refractivity contribution in [2.45, 2.75) is 51.8 Å². The number of fused-ring (bicyclic) bond motifs is 2. The molecule has 11 heteroatoms. The van der Waals surface area contributed by atoms with E-state index in [1.54, 1.807) is 18.2 Å². The van der Waals surface area contributed by atoms with E-state index in [2.05, 4.69) is 25.3 Å². The monoisotopic (exact) mass is 507 g/mol. The molecule has 0 saturated heterocycles. The summed E-state index contributed by atoms with van der Waals surface area (Å²) in [6.45, 7) is 6.54. The summed E-state index contributed by atoms with van der Waals surface area (Å²) >= 11 is 0. The molecule has 0 spiro atoms. The maximum atomic E-state index is 15.0. The van der Waals surface area contributed by atoms with Crippen LogP contribution in [0.1, 0.15) is 44.0 Å². The second-order valence-electron chi connectivity index (χ2n) is 9.51. The fourth-order valence-electron chi connectivity index (χ4n) is 4.81. The summed E-state index contributed by atoms with van der Waals surface area (Å²) in [6, 6.07) is 6.50. The summed E-state index contributed by atoms with van der Waals surface area (Å²) in [5, 5.41) is 12.3. The van der Waals surface area contributed by atoms with Crippen LogP contribution in [0.5, 0.6) is 0 Å². The minimum Gasteiger partial charge on any atom is -0.370 e. The van der Waals surface area contributed by atoms with Crippen LogP contribution in [-0.4, -0.2) is 49.3 Å². The van der Waals surface area contributed by atoms with Crippen LogP contribution in [-0.2, 0) is 23.2 Å². The van der Waals surface area contributed by atoms with Gasteiger partial charge in [0.15, 0.2) is 12.0 Å². The van der Waals surface area contributed by atoms with Gasteiger partial charge in [-0.1, -0.05) is 19.9 Å². The third kappa shape index (κ3) is 4.34. The lowest BCUT2D eigenvalue weighted by atomic mass is 9.77. The molecule has 1 aromatic carbocycles. The van der Waals surface area contributed by atoms with Crippen molar-refractivity contribution in [3.8, 4) is 11.3 Å². The molecule has 0 aliphatic carbocycles. The molecule has 9 nitrogen and oxygen atoms in total. The van der Waals surface area contributed by atoms with Crippen LogP contribution in [0.15, 0.2) is 35.5 Å². The number of carbonyl (C=O) groups excluding carboxylic acids is 1. The highest BCUT2D eigenvalue weighted by Gasteiger charge is 2.37. The molecule has 37 heavy (non-hydrogen) atoms. The largest absolute Gasteiger partial charge is 0.370 e. The minimum absolute atomic E-state index is 0.0327. The quantitative estimate of drug-likeness (QED) is 0.451. The number of pyridine rings is 1. The van der Waals surface area contributed by atoms with Gasteiger partial charge in [-0.3, -0.25) is 15.5 Å². The van der Waals surface area contributed by atoms with Gasteiger partial charge >= 0.3 is 0 Å². The Kier molecular flexibility index (Phi) is 6.20. The number of hydrogen-bond acceptors (Lipinski definition) is 8. The molecule has 0 saturated carbocycles. The van der Waals surface area contributed by atoms with Gasteiger partial charge in [-0.05, 0) is 42.7 Å². The lowest BCUT2D eigenvalue weighted by molar-refractivity contribution is -0.140. The SMILES string of the molecule is CCC1(C)C(C)=Nc2c(F)cc(-c3nc(Nc4ccc5c(n4)CCN(C(=O)C(N)O)C5)ncc3F)cc21. The summed E-state index contributed by atoms with van der Waals surface area (Å²) < 4.78 is 29.8. The first-order chi connectivity index (χ1) is 17.6. The maximum Gasteiger partial charge on any atom is 0.266 e. The van der Waals surface area contributed by atoms with E-state index < -0.39 is 29.2 Å². The van der Waals surface area contributed by atoms with E-state index in [9.17, 15) is 14.3 Å². The Labute approximate surface area is 212 Å². The summed E-state index contributed by atoms with van der Waals surface area (Å²) in [5.41, 5.74) is 8.54. The summed E-state index contributed by atoms with van der Waals surface area (Å²) in [6.07, 6.45) is 0.688. The van der Waals surface area contributed by atoms with Crippen molar-refractivity contribution in [1.29, 1.82) is 0 Å². The second-order valence-corrected chi connectivity index (χ2v) is 9.51. The Balaban J connectivity index is 1.42. The number of halogens is 2. The fraction of sp³-hybridized carbons (Fsp3) is 0.346. The Bertz CT molecular complexity index is 1440. The molecule has 192 valence electrons. The first-order valence-corrected chi connectivity index (χ1v) is 12.0. The lowest BCUT2D eigenvalue weighted by Crippen LogP contribution is -2.45. The van der Waals surface area contributed by atoms with Crippen molar-refractivity contribution in [2.24, 2.45) is 10.7 Å². The topological polar surface area (TPSA) is 130 Å². The van der Waals surface area contributed by atoms with Gasteiger partial charge < -0.3 is 15.3 Å². The average molecular weight is 508 g/mol. The Morgan fingerprint density at radius 1 is 1.27 bits per heavy atom. The Morgan fingerprint density at radius 3 is 2.78 bits per heavy atom. The number of amides is 1. The third-order valence-electron chi connectivity index (χ3n) is 7.31. The predicted octanol–water partition coefficient (Wildman–Crippen LogP) is 3.50. The van der Waals surface area contributed by atoms with Crippen molar-refractivity contribution < 1.29 is 18.7 Å². The molecule has 2 aromatic heterocycles. The number of carbonyl (C=O) groups is 1. The highest BCUT2D eigenvalue weighted by Crippen LogP contribution is 2.45. The summed E-state index contributed by atoms with van der Waals surface area (Å²) in [4.78, 5) is 30.8. The standard InChI is InChI=1S/C26H27F2N7O2/c1-4-26(3)13(2)31-22-16(26)9-15(10-17(22)27)21-18(28)11-30-25(34-21)33-20-6-5-14-12-35(24(37)23(29)36)8-7-19(14)32-20/h5-6,9-11,23,36H,4,7-8,12,29H2,1-3H3,(H,30,32,33,34). The number of hydrogen-bond donors (Lipinski definition) is 3. The number of nitrogens with one attached hydrogen (secondary N) is 1. The van der Waals surface area contributed by atoms with Crippen molar-refractivity contribution >= 4 is 29.1 Å². The highest BCUT2D eigenvalue weighted by molar-refractivity contribution is 6.00. The first-order valence-electron chi connectivity index (χ1n) is 12.0. The Hall–Kier alpha value is -3.83. The number of rotatable bonds is 5. The van der Waals surface area contributed by atoms with Crippen molar-refractivity contribution in [1.82, 2.24) is 19.9 Å². The first kappa shape index (κ1) is 24.8. The summed E-state index contributed by atoms with van der Waals surface area (Å²) in [5.74, 6) is -1.19. The number of aromatic nitrogens is 3. The molecule has 4 N–H and O–H groups in total. The van der Waals surface area contributed by atoms with Gasteiger partial charge in [0, 0.05) is 41.9 Å². The number of benzene rings is 1. The predicted molar refractivity (Wildman–Crippen MR) is 135 cm³/mol. The van der Waals surface area contributed by atoms with Gasteiger partial charge in [-0.15, -0.1) is 0 Å². The molecule has 2 aliphatic heterocycles. The van der Waals surface area contributed by atoms with Crippen LogP contribution in [0, 0.1) is 11.6 Å². The highest BCUT2D eigenvalue weighted by atomic mass is 19.1. The number of aliphatic hydroxyl groups is 1. The molecule has 1 amide bonds. The number of nitrogens with zero attached hydrogens (tertiary/aromatic N) is 5. The molecule has 0 radical (unpaired) electrons. The molecule has 3 aromatic rings. The van der Waals surface area contributed by atoms with Crippen LogP contribution in [0.25, 0.3) is 11.3 Å². The van der Waals surface area contributed by atoms with E-state index in [4.69, 9.17) is 5.73 Å². The van der Waals surface area contributed by atoms with Crippen LogP contribution >= 0.6 is 0 Å². The van der Waals surface area contributed by atoms with E-state index in [1.165, 1.54) is 11.0 Å². The van der Waals surface area contributed by atoms with E-state index in [0.717, 1.165) is 29.6 Å². The van der Waals surface area contributed by atoms with Crippen molar-refractivity contribution in [3.63, 3.8) is 0 Å². The van der Waals surface area contributed by atoms with Gasteiger partial charge in [0.1, 0.15) is 23.0 Å². The summed E-state index contributed by atoms with van der Waals surface area (Å²) in [7, 11) is 0. The van der Waals surface area contributed by atoms with Gasteiger partial charge in [0.2, 0.25) is 5.95 Å². The van der Waals surface area contributed by atoms with Crippen LogP contribution < -0.4 is 11.1 Å². The molecule has 5 rings (SSSR count). The minimum atomic E-state index is -1.55. The molecular weight excluding hydrogens is 480 g/mol. The molecule has 0 fully saturated rings. The Morgan fingerprint density at radius 2 is 2.05 bits per heavy atom. The zero-order chi connectivity index (χ0) is 26.5. The molecular formula is C26H27F2N7O2. The normalized spacial score (nSPS) is 19.2. The average Bonchev–Trinajstić information content (AvgIpc) is 3.15. The molecule has 2 aliphatic rings. The fourth-order valence-corrected chi connectivity index (χ4v) is 4.81. The van der Waals surface area contributed by atoms with Crippen LogP contribution in [0.4, 0.5) is 26.2 Å². The van der Waals surface area contributed by atoms with E-state index in [0.29, 0.717) is 29.9 Å². The number of nitrogens with two attached hydrogens (primary N) is 1. The smallest absolute Gasteiger partial charge is 0.266 e. The van der Waals surface area contributed by atoms with E-state index in [1.807, 2.05) is 20.8 Å². The molecule has 0 bridgehead atoms. The third-order valence-corrected chi connectivity index (χ3v) is 7.31. The molecule has 2 unspecified atom stereocenters. The molecule has 2 atom stereocenters. The van der Waals surface area contributed by atoms with Gasteiger partial charge in [0.25, 0.3) is 5.91 Å². The second kappa shape index (κ2) is 9.24. The number of aliphatic hydroxyl groups excluding tert-OH is 1. The lowest BCUT2D eigenvalue weighted by Gasteiger charge is -2.29. The van der Waals surface area contributed by atoms with Gasteiger partial charge in [-0.2, -0.15) is 0 Å². The maximum absolute atomic E-state index is 15.0. The number of aliphatic imine (C=N–C) groups is 1. The zero-order valence-corrected chi connectivity index (χ0v) is 20.7. The van der Waals surface area contributed by atoms with Gasteiger partial charge in [0.05, 0.1) is 6.20 Å².